The molecule has 3 N–H and O–H groups in total. The highest BCUT2D eigenvalue weighted by molar-refractivity contribution is 7.89. The zero-order chi connectivity index (χ0) is 21.0. The lowest BCUT2D eigenvalue weighted by molar-refractivity contribution is -0.118. The number of aryl methyl sites for hydroxylation is 1. The van der Waals surface area contributed by atoms with Crippen LogP contribution in [0.25, 0.3) is 0 Å². The Labute approximate surface area is 169 Å². The Morgan fingerprint density at radius 2 is 1.86 bits per heavy atom. The van der Waals surface area contributed by atoms with E-state index in [0.29, 0.717) is 18.8 Å². The minimum absolute atomic E-state index is 0.0234. The number of nitrogens with one attached hydrogen (secondary N) is 1. The second-order valence-electron chi connectivity index (χ2n) is 6.84. The van der Waals surface area contributed by atoms with Crippen molar-refractivity contribution >= 4 is 27.5 Å². The fourth-order valence-electron chi connectivity index (χ4n) is 3.13. The monoisotopic (exact) mass is 417 g/mol. The van der Waals surface area contributed by atoms with Crippen LogP contribution in [-0.4, -0.2) is 44.2 Å². The smallest absolute Gasteiger partial charge is 0.262 e. The first-order chi connectivity index (χ1) is 13.8. The summed E-state index contributed by atoms with van der Waals surface area (Å²) in [6.45, 7) is 2.45. The molecule has 2 aromatic carbocycles. The van der Waals surface area contributed by atoms with Crippen LogP contribution in [-0.2, 0) is 14.8 Å². The van der Waals surface area contributed by atoms with Gasteiger partial charge in [-0.15, -0.1) is 0 Å². The molecule has 29 heavy (non-hydrogen) atoms. The van der Waals surface area contributed by atoms with E-state index in [-0.39, 0.29) is 22.8 Å². The molecule has 0 aliphatic carbocycles. The highest BCUT2D eigenvalue weighted by Gasteiger charge is 2.28. The van der Waals surface area contributed by atoms with Gasteiger partial charge in [0.2, 0.25) is 10.0 Å². The zero-order valence-electron chi connectivity index (χ0n) is 16.1. The summed E-state index contributed by atoms with van der Waals surface area (Å²) in [5.74, 6) is -1.20. The van der Waals surface area contributed by atoms with Crippen LogP contribution >= 0.6 is 0 Å². The van der Waals surface area contributed by atoms with Crippen LogP contribution < -0.4 is 15.8 Å². The van der Waals surface area contributed by atoms with Gasteiger partial charge in [-0.3, -0.25) is 9.59 Å². The van der Waals surface area contributed by atoms with Gasteiger partial charge in [0.15, 0.2) is 6.61 Å². The number of carbonyl (C=O) groups excluding carboxylic acids is 2. The number of benzene rings is 2. The van der Waals surface area contributed by atoms with Gasteiger partial charge in [0, 0.05) is 18.8 Å². The Bertz CT molecular complexity index is 1030. The van der Waals surface area contributed by atoms with Gasteiger partial charge in [-0.1, -0.05) is 12.1 Å². The largest absolute Gasteiger partial charge is 0.483 e. The molecular formula is C20H23N3O5S. The number of ether oxygens (including phenoxy) is 1. The van der Waals surface area contributed by atoms with Crippen LogP contribution in [0.15, 0.2) is 47.4 Å². The van der Waals surface area contributed by atoms with Crippen molar-refractivity contribution in [2.75, 3.05) is 25.0 Å². The number of rotatable bonds is 7. The van der Waals surface area contributed by atoms with E-state index in [4.69, 9.17) is 10.5 Å². The van der Waals surface area contributed by atoms with Crippen molar-refractivity contribution in [1.29, 1.82) is 0 Å². The van der Waals surface area contributed by atoms with E-state index in [1.807, 2.05) is 25.1 Å². The number of anilines is 1. The third kappa shape index (κ3) is 4.93. The molecule has 2 amide bonds. The molecule has 9 heteroatoms. The number of nitrogens with two attached hydrogens (primary N) is 1. The van der Waals surface area contributed by atoms with Crippen molar-refractivity contribution in [3.05, 3.63) is 53.6 Å². The summed E-state index contributed by atoms with van der Waals surface area (Å²) in [4.78, 5) is 23.9. The van der Waals surface area contributed by atoms with Crippen molar-refractivity contribution in [3.8, 4) is 5.75 Å². The van der Waals surface area contributed by atoms with E-state index in [0.717, 1.165) is 18.4 Å². The number of nitrogens with zero attached hydrogens (tertiary/aromatic N) is 1. The third-order valence-electron chi connectivity index (χ3n) is 4.58. The van der Waals surface area contributed by atoms with Gasteiger partial charge in [-0.05, 0) is 55.7 Å². The van der Waals surface area contributed by atoms with Crippen LogP contribution in [0.4, 0.5) is 5.69 Å². The van der Waals surface area contributed by atoms with Crippen LogP contribution in [0.5, 0.6) is 5.75 Å². The standard InChI is InChI=1S/C20H23N3O5S/c1-14-5-4-6-15(11-14)22-19(24)13-28-18-8-7-16(12-17(18)20(21)25)29(26,27)23-9-2-3-10-23/h4-8,11-12H,2-3,9-10,13H2,1H3,(H2,21,25)(H,22,24). The molecule has 8 nitrogen and oxygen atoms in total. The molecule has 1 aliphatic heterocycles. The van der Waals surface area contributed by atoms with E-state index >= 15 is 0 Å². The highest BCUT2D eigenvalue weighted by atomic mass is 32.2. The summed E-state index contributed by atoms with van der Waals surface area (Å²) in [6, 6.07) is 11.2. The quantitative estimate of drug-likeness (QED) is 0.713. The minimum Gasteiger partial charge on any atom is -0.483 e. The van der Waals surface area contributed by atoms with Crippen LogP contribution in [0.2, 0.25) is 0 Å². The molecule has 0 saturated carbocycles. The van der Waals surface area contributed by atoms with Gasteiger partial charge in [-0.25, -0.2) is 8.42 Å². The lowest BCUT2D eigenvalue weighted by Gasteiger charge is -2.17. The van der Waals surface area contributed by atoms with Crippen molar-refractivity contribution in [3.63, 3.8) is 0 Å². The Morgan fingerprint density at radius 1 is 1.14 bits per heavy atom. The number of hydrogen-bond donors (Lipinski definition) is 2. The Morgan fingerprint density at radius 3 is 2.52 bits per heavy atom. The maximum Gasteiger partial charge on any atom is 0.262 e. The van der Waals surface area contributed by atoms with Gasteiger partial charge in [-0.2, -0.15) is 4.31 Å². The second-order valence-corrected chi connectivity index (χ2v) is 8.78. The van der Waals surface area contributed by atoms with Gasteiger partial charge in [0.05, 0.1) is 10.5 Å². The first-order valence-corrected chi connectivity index (χ1v) is 10.6. The van der Waals surface area contributed by atoms with E-state index < -0.39 is 21.8 Å². The molecule has 0 bridgehead atoms. The number of amides is 2. The Hall–Kier alpha value is -2.91. The maximum atomic E-state index is 12.7. The Balaban J connectivity index is 1.74. The SMILES string of the molecule is Cc1cccc(NC(=O)COc2ccc(S(=O)(=O)N3CCCC3)cc2C(N)=O)c1. The molecule has 1 aliphatic rings. The topological polar surface area (TPSA) is 119 Å². The van der Waals surface area contributed by atoms with E-state index in [1.165, 1.54) is 22.5 Å². The number of carbonyl (C=O) groups is 2. The van der Waals surface area contributed by atoms with Gasteiger partial charge in [0.25, 0.3) is 11.8 Å². The normalized spacial score (nSPS) is 14.5. The predicted octanol–water partition coefficient (Wildman–Crippen LogP) is 1.90. The molecule has 1 fully saturated rings. The first kappa shape index (κ1) is 20.8. The van der Waals surface area contributed by atoms with E-state index in [2.05, 4.69) is 5.32 Å². The number of sulfonamides is 1. The average molecular weight is 417 g/mol. The summed E-state index contributed by atoms with van der Waals surface area (Å²) >= 11 is 0. The van der Waals surface area contributed by atoms with Crippen molar-refractivity contribution in [2.24, 2.45) is 5.73 Å². The van der Waals surface area contributed by atoms with Crippen molar-refractivity contribution in [1.82, 2.24) is 4.31 Å². The molecule has 154 valence electrons. The molecule has 0 atom stereocenters. The van der Waals surface area contributed by atoms with E-state index in [1.54, 1.807) is 6.07 Å². The summed E-state index contributed by atoms with van der Waals surface area (Å²) in [6.07, 6.45) is 1.61. The van der Waals surface area contributed by atoms with E-state index in [9.17, 15) is 18.0 Å². The van der Waals surface area contributed by atoms with Gasteiger partial charge >= 0.3 is 0 Å². The van der Waals surface area contributed by atoms with Gasteiger partial charge < -0.3 is 15.8 Å². The van der Waals surface area contributed by atoms with Crippen LogP contribution in [0.1, 0.15) is 28.8 Å². The summed E-state index contributed by atoms with van der Waals surface area (Å²) in [5, 5.41) is 2.69. The fourth-order valence-corrected chi connectivity index (χ4v) is 4.67. The van der Waals surface area contributed by atoms with Crippen LogP contribution in [0.3, 0.4) is 0 Å². The van der Waals surface area contributed by atoms with Gasteiger partial charge in [0.1, 0.15) is 5.75 Å². The maximum absolute atomic E-state index is 12.7. The molecular weight excluding hydrogens is 394 g/mol. The molecule has 1 heterocycles. The minimum atomic E-state index is -3.70. The summed E-state index contributed by atoms with van der Waals surface area (Å²) < 4.78 is 32.2. The molecule has 2 aromatic rings. The van der Waals surface area contributed by atoms with Crippen molar-refractivity contribution < 1.29 is 22.7 Å². The lowest BCUT2D eigenvalue weighted by Crippen LogP contribution is -2.28. The fraction of sp³-hybridized carbons (Fsp3) is 0.300. The van der Waals surface area contributed by atoms with Crippen LogP contribution in [0, 0.1) is 6.92 Å². The molecule has 0 aromatic heterocycles. The highest BCUT2D eigenvalue weighted by Crippen LogP contribution is 2.26. The summed E-state index contributed by atoms with van der Waals surface area (Å²) in [7, 11) is -3.70. The third-order valence-corrected chi connectivity index (χ3v) is 6.47. The molecule has 1 saturated heterocycles. The summed E-state index contributed by atoms with van der Waals surface area (Å²) in [5.41, 5.74) is 6.93. The molecule has 0 radical (unpaired) electrons. The molecule has 0 unspecified atom stereocenters. The Kier molecular flexibility index (Phi) is 6.19. The number of primary amides is 1. The average Bonchev–Trinajstić information content (AvgIpc) is 3.22. The first-order valence-electron chi connectivity index (χ1n) is 9.21. The molecule has 3 rings (SSSR count). The second kappa shape index (κ2) is 8.62. The molecule has 0 spiro atoms. The zero-order valence-corrected chi connectivity index (χ0v) is 16.9. The number of hydrogen-bond acceptors (Lipinski definition) is 5. The van der Waals surface area contributed by atoms with Crippen molar-refractivity contribution in [2.45, 2.75) is 24.7 Å². The predicted molar refractivity (Wildman–Crippen MR) is 108 cm³/mol. The lowest BCUT2D eigenvalue weighted by atomic mass is 10.2.